The van der Waals surface area contributed by atoms with E-state index in [1.165, 1.54) is 18.9 Å². The first-order chi connectivity index (χ1) is 11.9. The van der Waals surface area contributed by atoms with Crippen molar-refractivity contribution < 1.29 is 23.9 Å². The van der Waals surface area contributed by atoms with Crippen LogP contribution in [0.1, 0.15) is 47.4 Å². The monoisotopic (exact) mass is 346 g/mol. The van der Waals surface area contributed by atoms with E-state index in [1.807, 2.05) is 6.92 Å². The maximum atomic E-state index is 12.8. The molecule has 0 radical (unpaired) electrons. The minimum absolute atomic E-state index is 0.0665. The number of imide groups is 1. The molecule has 0 fully saturated rings. The molecule has 2 rings (SSSR count). The number of esters is 1. The van der Waals surface area contributed by atoms with Crippen molar-refractivity contribution >= 4 is 23.7 Å². The number of carbonyl (C=O) groups excluding carboxylic acids is 4. The van der Waals surface area contributed by atoms with Gasteiger partial charge in [0.1, 0.15) is 6.04 Å². The van der Waals surface area contributed by atoms with Crippen LogP contribution in [0, 0.1) is 0 Å². The zero-order chi connectivity index (χ0) is 18.6. The predicted molar refractivity (Wildman–Crippen MR) is 89.9 cm³/mol. The Balaban J connectivity index is 2.16. The van der Waals surface area contributed by atoms with Crippen molar-refractivity contribution in [2.24, 2.45) is 0 Å². The fourth-order valence-corrected chi connectivity index (χ4v) is 2.86. The first kappa shape index (κ1) is 18.6. The van der Waals surface area contributed by atoms with Gasteiger partial charge in [-0.05, 0) is 25.5 Å². The first-order valence-electron chi connectivity index (χ1n) is 8.24. The van der Waals surface area contributed by atoms with Crippen molar-refractivity contribution in [2.45, 2.75) is 32.7 Å². The highest BCUT2D eigenvalue weighted by Crippen LogP contribution is 2.25. The summed E-state index contributed by atoms with van der Waals surface area (Å²) in [5.41, 5.74) is 0.618. The molecule has 1 atom stereocenters. The van der Waals surface area contributed by atoms with Gasteiger partial charge in [0, 0.05) is 13.1 Å². The lowest BCUT2D eigenvalue weighted by atomic mass is 10.1. The van der Waals surface area contributed by atoms with Crippen LogP contribution in [0.5, 0.6) is 0 Å². The second kappa shape index (κ2) is 7.92. The van der Waals surface area contributed by atoms with Gasteiger partial charge in [-0.15, -0.1) is 0 Å². The summed E-state index contributed by atoms with van der Waals surface area (Å²) >= 11 is 0. The maximum absolute atomic E-state index is 12.8. The standard InChI is InChI=1S/C18H22N2O5/c1-4-10-19(11-9-15(21)25-3)16(22)12(2)20-17(23)13-7-5-6-8-14(13)18(20)24/h5-8,12H,4,9-11H2,1-3H3. The average molecular weight is 346 g/mol. The van der Waals surface area contributed by atoms with E-state index in [4.69, 9.17) is 0 Å². The van der Waals surface area contributed by atoms with Crippen LogP contribution in [0.2, 0.25) is 0 Å². The van der Waals surface area contributed by atoms with Crippen molar-refractivity contribution in [3.63, 3.8) is 0 Å². The molecular formula is C18H22N2O5. The number of ether oxygens (including phenoxy) is 1. The molecule has 0 N–H and O–H groups in total. The topological polar surface area (TPSA) is 84.0 Å². The molecule has 25 heavy (non-hydrogen) atoms. The molecule has 1 heterocycles. The first-order valence-corrected chi connectivity index (χ1v) is 8.24. The van der Waals surface area contributed by atoms with E-state index < -0.39 is 23.8 Å². The van der Waals surface area contributed by atoms with E-state index in [-0.39, 0.29) is 18.9 Å². The zero-order valence-corrected chi connectivity index (χ0v) is 14.7. The summed E-state index contributed by atoms with van der Waals surface area (Å²) in [5.74, 6) is -1.71. The summed E-state index contributed by atoms with van der Waals surface area (Å²) in [5, 5.41) is 0. The predicted octanol–water partition coefficient (Wildman–Crippen LogP) is 1.47. The van der Waals surface area contributed by atoms with Crippen LogP contribution < -0.4 is 0 Å². The van der Waals surface area contributed by atoms with Crippen LogP contribution in [0.25, 0.3) is 0 Å². The summed E-state index contributed by atoms with van der Waals surface area (Å²) in [6, 6.07) is 5.58. The van der Waals surface area contributed by atoms with Gasteiger partial charge in [0.25, 0.3) is 11.8 Å². The van der Waals surface area contributed by atoms with Crippen molar-refractivity contribution in [1.29, 1.82) is 0 Å². The third-order valence-electron chi connectivity index (χ3n) is 4.19. The lowest BCUT2D eigenvalue weighted by molar-refractivity contribution is -0.142. The molecule has 0 spiro atoms. The highest BCUT2D eigenvalue weighted by atomic mass is 16.5. The maximum Gasteiger partial charge on any atom is 0.307 e. The lowest BCUT2D eigenvalue weighted by Crippen LogP contribution is -2.50. The average Bonchev–Trinajstić information content (AvgIpc) is 2.88. The summed E-state index contributed by atoms with van der Waals surface area (Å²) in [7, 11) is 1.29. The molecule has 134 valence electrons. The summed E-state index contributed by atoms with van der Waals surface area (Å²) in [4.78, 5) is 51.6. The zero-order valence-electron chi connectivity index (χ0n) is 14.7. The third kappa shape index (κ3) is 3.70. The lowest BCUT2D eigenvalue weighted by Gasteiger charge is -2.29. The highest BCUT2D eigenvalue weighted by Gasteiger charge is 2.41. The quantitative estimate of drug-likeness (QED) is 0.551. The van der Waals surface area contributed by atoms with E-state index in [0.29, 0.717) is 24.1 Å². The smallest absolute Gasteiger partial charge is 0.307 e. The molecule has 1 aliphatic heterocycles. The van der Waals surface area contributed by atoms with E-state index in [2.05, 4.69) is 4.74 Å². The minimum Gasteiger partial charge on any atom is -0.469 e. The van der Waals surface area contributed by atoms with E-state index in [9.17, 15) is 19.2 Å². The van der Waals surface area contributed by atoms with Gasteiger partial charge in [-0.25, -0.2) is 0 Å². The van der Waals surface area contributed by atoms with Crippen LogP contribution in [0.4, 0.5) is 0 Å². The van der Waals surface area contributed by atoms with Crippen LogP contribution in [-0.4, -0.2) is 59.7 Å². The van der Waals surface area contributed by atoms with Crippen LogP contribution >= 0.6 is 0 Å². The molecule has 0 aromatic heterocycles. The van der Waals surface area contributed by atoms with Gasteiger partial charge in [-0.2, -0.15) is 0 Å². The number of benzene rings is 1. The number of rotatable bonds is 7. The van der Waals surface area contributed by atoms with E-state index in [1.54, 1.807) is 24.3 Å². The number of hydrogen-bond acceptors (Lipinski definition) is 5. The number of fused-ring (bicyclic) bond motifs is 1. The molecule has 3 amide bonds. The summed E-state index contributed by atoms with van der Waals surface area (Å²) in [6.07, 6.45) is 0.763. The molecule has 7 nitrogen and oxygen atoms in total. The SMILES string of the molecule is CCCN(CCC(=O)OC)C(=O)C(C)N1C(=O)c2ccccc2C1=O. The molecule has 0 saturated carbocycles. The van der Waals surface area contributed by atoms with Gasteiger partial charge in [0.15, 0.2) is 0 Å². The molecule has 1 aliphatic rings. The van der Waals surface area contributed by atoms with Gasteiger partial charge >= 0.3 is 5.97 Å². The fourth-order valence-electron chi connectivity index (χ4n) is 2.86. The Kier molecular flexibility index (Phi) is 5.90. The molecule has 1 unspecified atom stereocenters. The summed E-state index contributed by atoms with van der Waals surface area (Å²) in [6.45, 7) is 4.06. The Labute approximate surface area is 146 Å². The minimum atomic E-state index is -0.934. The Bertz CT molecular complexity index is 665. The van der Waals surface area contributed by atoms with E-state index >= 15 is 0 Å². The summed E-state index contributed by atoms with van der Waals surface area (Å²) < 4.78 is 4.60. The Morgan fingerprint density at radius 1 is 1.12 bits per heavy atom. The van der Waals surface area contributed by atoms with Crippen molar-refractivity contribution in [3.05, 3.63) is 35.4 Å². The van der Waals surface area contributed by atoms with Crippen LogP contribution in [0.15, 0.2) is 24.3 Å². The molecule has 0 aliphatic carbocycles. The Hall–Kier alpha value is -2.70. The molecular weight excluding hydrogens is 324 g/mol. The normalized spacial score (nSPS) is 14.3. The molecule has 0 bridgehead atoms. The number of carbonyl (C=O) groups is 4. The van der Waals surface area contributed by atoms with Gasteiger partial charge < -0.3 is 9.64 Å². The molecule has 1 aromatic rings. The molecule has 1 aromatic carbocycles. The Morgan fingerprint density at radius 3 is 2.16 bits per heavy atom. The molecule has 7 heteroatoms. The number of nitrogens with zero attached hydrogens (tertiary/aromatic N) is 2. The Morgan fingerprint density at radius 2 is 1.68 bits per heavy atom. The van der Waals surface area contributed by atoms with Crippen LogP contribution in [-0.2, 0) is 14.3 Å². The second-order valence-corrected chi connectivity index (χ2v) is 5.85. The van der Waals surface area contributed by atoms with E-state index in [0.717, 1.165) is 4.90 Å². The second-order valence-electron chi connectivity index (χ2n) is 5.85. The largest absolute Gasteiger partial charge is 0.469 e. The highest BCUT2D eigenvalue weighted by molar-refractivity contribution is 6.22. The number of methoxy groups -OCH3 is 1. The molecule has 0 saturated heterocycles. The van der Waals surface area contributed by atoms with Gasteiger partial charge in [-0.3, -0.25) is 24.1 Å². The van der Waals surface area contributed by atoms with Gasteiger partial charge in [0.05, 0.1) is 24.7 Å². The number of amides is 3. The van der Waals surface area contributed by atoms with Crippen molar-refractivity contribution in [1.82, 2.24) is 9.80 Å². The van der Waals surface area contributed by atoms with Gasteiger partial charge in [0.2, 0.25) is 5.91 Å². The fraction of sp³-hybridized carbons (Fsp3) is 0.444. The van der Waals surface area contributed by atoms with Crippen molar-refractivity contribution in [3.8, 4) is 0 Å². The third-order valence-corrected chi connectivity index (χ3v) is 4.19. The van der Waals surface area contributed by atoms with Crippen molar-refractivity contribution in [2.75, 3.05) is 20.2 Å². The van der Waals surface area contributed by atoms with Gasteiger partial charge in [-0.1, -0.05) is 19.1 Å². The number of hydrogen-bond donors (Lipinski definition) is 0. The van der Waals surface area contributed by atoms with Crippen LogP contribution in [0.3, 0.4) is 0 Å².